The zero-order chi connectivity index (χ0) is 21.4. The number of nitrogens with zero attached hydrogens (tertiary/aromatic N) is 2. The molecule has 0 saturated heterocycles. The van der Waals surface area contributed by atoms with Gasteiger partial charge in [-0.15, -0.1) is 0 Å². The summed E-state index contributed by atoms with van der Waals surface area (Å²) in [6.45, 7) is 2.28. The molecule has 0 spiro atoms. The molecule has 31 heavy (non-hydrogen) atoms. The third-order valence-corrected chi connectivity index (χ3v) is 5.14. The number of carbonyl (C=O) groups excluding carboxylic acids is 1. The molecule has 3 heterocycles. The summed E-state index contributed by atoms with van der Waals surface area (Å²) in [4.78, 5) is 25.1. The number of hydrogen-bond donors (Lipinski definition) is 1. The van der Waals surface area contributed by atoms with E-state index in [9.17, 15) is 9.59 Å². The third-order valence-electron chi connectivity index (χ3n) is 5.14. The van der Waals surface area contributed by atoms with E-state index in [4.69, 9.17) is 18.9 Å². The van der Waals surface area contributed by atoms with Gasteiger partial charge >= 0.3 is 0 Å². The first kappa shape index (κ1) is 19.0. The van der Waals surface area contributed by atoms with Crippen molar-refractivity contribution in [2.45, 2.75) is 19.5 Å². The van der Waals surface area contributed by atoms with Crippen LogP contribution >= 0.6 is 0 Å². The van der Waals surface area contributed by atoms with Gasteiger partial charge in [0.25, 0.3) is 5.56 Å². The van der Waals surface area contributed by atoms with Gasteiger partial charge in [0.05, 0.1) is 5.69 Å². The summed E-state index contributed by atoms with van der Waals surface area (Å²) in [7, 11) is 0. The van der Waals surface area contributed by atoms with E-state index >= 15 is 0 Å². The molecular formula is C22H19N3O6. The number of rotatable bonds is 5. The second-order valence-electron chi connectivity index (χ2n) is 7.15. The summed E-state index contributed by atoms with van der Waals surface area (Å²) in [5.74, 6) is 2.28. The molecule has 2 aliphatic rings. The largest absolute Gasteiger partial charge is 0.454 e. The van der Waals surface area contributed by atoms with E-state index in [1.165, 1.54) is 10.7 Å². The van der Waals surface area contributed by atoms with Gasteiger partial charge in [-0.25, -0.2) is 4.68 Å². The SMILES string of the molecule is CC(C(=O)NCc1ccc2c(c1)OCO2)n1nc(-c2ccc3c(c2)OCO3)ccc1=O. The lowest BCUT2D eigenvalue weighted by atomic mass is 10.1. The van der Waals surface area contributed by atoms with E-state index in [1.54, 1.807) is 31.2 Å². The molecule has 0 fully saturated rings. The van der Waals surface area contributed by atoms with Crippen molar-refractivity contribution in [2.75, 3.05) is 13.6 Å². The van der Waals surface area contributed by atoms with E-state index in [0.29, 0.717) is 28.7 Å². The molecule has 1 aromatic heterocycles. The summed E-state index contributed by atoms with van der Waals surface area (Å²) in [6, 6.07) is 13.1. The molecule has 2 aliphatic heterocycles. The fraction of sp³-hybridized carbons (Fsp3) is 0.227. The molecule has 3 aromatic rings. The van der Waals surface area contributed by atoms with Gasteiger partial charge in [-0.2, -0.15) is 5.10 Å². The fourth-order valence-electron chi connectivity index (χ4n) is 3.41. The molecular weight excluding hydrogens is 402 g/mol. The van der Waals surface area contributed by atoms with E-state index in [2.05, 4.69) is 10.4 Å². The van der Waals surface area contributed by atoms with E-state index in [0.717, 1.165) is 11.1 Å². The van der Waals surface area contributed by atoms with E-state index in [-0.39, 0.29) is 31.6 Å². The molecule has 0 radical (unpaired) electrons. The van der Waals surface area contributed by atoms with Crippen molar-refractivity contribution in [3.8, 4) is 34.3 Å². The predicted octanol–water partition coefficient (Wildman–Crippen LogP) is 2.25. The minimum absolute atomic E-state index is 0.173. The second-order valence-corrected chi connectivity index (χ2v) is 7.15. The van der Waals surface area contributed by atoms with Gasteiger partial charge in [0.2, 0.25) is 19.5 Å². The summed E-state index contributed by atoms with van der Waals surface area (Å²) < 4.78 is 22.5. The monoisotopic (exact) mass is 421 g/mol. The van der Waals surface area contributed by atoms with Crippen molar-refractivity contribution in [1.82, 2.24) is 15.1 Å². The average molecular weight is 421 g/mol. The maximum atomic E-state index is 12.7. The lowest BCUT2D eigenvalue weighted by molar-refractivity contribution is -0.124. The number of carbonyl (C=O) groups is 1. The Morgan fingerprint density at radius 1 is 0.968 bits per heavy atom. The van der Waals surface area contributed by atoms with Crippen LogP contribution < -0.4 is 29.8 Å². The standard InChI is InChI=1S/C22H19N3O6/c1-13(22(27)23-10-14-2-5-17-19(8-14)30-11-28-17)25-21(26)7-4-16(24-25)15-3-6-18-20(9-15)31-12-29-18/h2-9,13H,10-12H2,1H3,(H,23,27). The van der Waals surface area contributed by atoms with Crippen molar-refractivity contribution < 1.29 is 23.7 Å². The number of nitrogens with one attached hydrogen (secondary N) is 1. The molecule has 0 aliphatic carbocycles. The Hall–Kier alpha value is -4.01. The number of amides is 1. The van der Waals surface area contributed by atoms with Crippen LogP contribution in [0.5, 0.6) is 23.0 Å². The highest BCUT2D eigenvalue weighted by Gasteiger charge is 2.20. The Morgan fingerprint density at radius 3 is 2.42 bits per heavy atom. The third kappa shape index (κ3) is 3.65. The Morgan fingerprint density at radius 2 is 1.65 bits per heavy atom. The summed E-state index contributed by atoms with van der Waals surface area (Å²) in [6.07, 6.45) is 0. The van der Waals surface area contributed by atoms with Crippen molar-refractivity contribution in [3.63, 3.8) is 0 Å². The van der Waals surface area contributed by atoms with Crippen LogP contribution in [0.2, 0.25) is 0 Å². The van der Waals surface area contributed by atoms with Crippen LogP contribution in [0.1, 0.15) is 18.5 Å². The molecule has 9 nitrogen and oxygen atoms in total. The van der Waals surface area contributed by atoms with Crippen LogP contribution in [0.15, 0.2) is 53.3 Å². The quantitative estimate of drug-likeness (QED) is 0.674. The topological polar surface area (TPSA) is 101 Å². The normalized spacial score (nSPS) is 14.4. The highest BCUT2D eigenvalue weighted by molar-refractivity contribution is 5.79. The molecule has 9 heteroatoms. The molecule has 2 aromatic carbocycles. The Labute approximate surface area is 177 Å². The van der Waals surface area contributed by atoms with Gasteiger partial charge in [0.15, 0.2) is 23.0 Å². The van der Waals surface area contributed by atoms with Crippen molar-refractivity contribution >= 4 is 5.91 Å². The van der Waals surface area contributed by atoms with Crippen LogP contribution in [0.25, 0.3) is 11.3 Å². The Kier molecular flexibility index (Phi) is 4.70. The first-order valence-corrected chi connectivity index (χ1v) is 9.74. The number of ether oxygens (including phenoxy) is 4. The zero-order valence-electron chi connectivity index (χ0n) is 16.7. The van der Waals surface area contributed by atoms with E-state index < -0.39 is 6.04 Å². The maximum absolute atomic E-state index is 12.7. The lowest BCUT2D eigenvalue weighted by Gasteiger charge is -2.15. The smallest absolute Gasteiger partial charge is 0.267 e. The first-order chi connectivity index (χ1) is 15.1. The van der Waals surface area contributed by atoms with Crippen LogP contribution in [-0.2, 0) is 11.3 Å². The zero-order valence-corrected chi connectivity index (χ0v) is 16.7. The lowest BCUT2D eigenvalue weighted by Crippen LogP contribution is -2.36. The second kappa shape index (κ2) is 7.67. The highest BCUT2D eigenvalue weighted by atomic mass is 16.7. The highest BCUT2D eigenvalue weighted by Crippen LogP contribution is 2.35. The maximum Gasteiger partial charge on any atom is 0.267 e. The Balaban J connectivity index is 1.32. The molecule has 5 rings (SSSR count). The van der Waals surface area contributed by atoms with E-state index in [1.807, 2.05) is 18.2 Å². The van der Waals surface area contributed by atoms with Gasteiger partial charge in [0, 0.05) is 18.2 Å². The van der Waals surface area contributed by atoms with Crippen LogP contribution in [0.3, 0.4) is 0 Å². The minimum atomic E-state index is -0.796. The van der Waals surface area contributed by atoms with Gasteiger partial charge in [-0.05, 0) is 48.9 Å². The predicted molar refractivity (Wildman–Crippen MR) is 109 cm³/mol. The summed E-state index contributed by atoms with van der Waals surface area (Å²) >= 11 is 0. The van der Waals surface area contributed by atoms with Crippen molar-refractivity contribution in [1.29, 1.82) is 0 Å². The van der Waals surface area contributed by atoms with Crippen LogP contribution in [-0.4, -0.2) is 29.3 Å². The van der Waals surface area contributed by atoms with Gasteiger partial charge in [-0.1, -0.05) is 6.07 Å². The number of fused-ring (bicyclic) bond motifs is 2. The molecule has 158 valence electrons. The average Bonchev–Trinajstić information content (AvgIpc) is 3.45. The molecule has 1 unspecified atom stereocenters. The fourth-order valence-corrected chi connectivity index (χ4v) is 3.41. The Bertz CT molecular complexity index is 1220. The minimum Gasteiger partial charge on any atom is -0.454 e. The number of benzene rings is 2. The first-order valence-electron chi connectivity index (χ1n) is 9.74. The van der Waals surface area contributed by atoms with Crippen LogP contribution in [0.4, 0.5) is 0 Å². The summed E-state index contributed by atoms with van der Waals surface area (Å²) in [5, 5.41) is 7.24. The molecule has 1 atom stereocenters. The number of aromatic nitrogens is 2. The van der Waals surface area contributed by atoms with Crippen LogP contribution in [0, 0.1) is 0 Å². The van der Waals surface area contributed by atoms with Gasteiger partial charge < -0.3 is 24.3 Å². The molecule has 0 bridgehead atoms. The molecule has 0 saturated carbocycles. The summed E-state index contributed by atoms with van der Waals surface area (Å²) in [5.41, 5.74) is 1.80. The number of hydrogen-bond acceptors (Lipinski definition) is 7. The van der Waals surface area contributed by atoms with Crippen molar-refractivity contribution in [3.05, 3.63) is 64.4 Å². The van der Waals surface area contributed by atoms with Gasteiger partial charge in [0.1, 0.15) is 6.04 Å². The molecule has 1 amide bonds. The van der Waals surface area contributed by atoms with Gasteiger partial charge in [-0.3, -0.25) is 9.59 Å². The van der Waals surface area contributed by atoms with Crippen molar-refractivity contribution in [2.24, 2.45) is 0 Å². The molecule has 1 N–H and O–H groups in total.